The van der Waals surface area contributed by atoms with E-state index in [1.165, 1.54) is 22.1 Å². The van der Waals surface area contributed by atoms with E-state index in [0.29, 0.717) is 24.5 Å². The van der Waals surface area contributed by atoms with Crippen molar-refractivity contribution in [3.05, 3.63) is 71.9 Å². The van der Waals surface area contributed by atoms with Gasteiger partial charge in [0, 0.05) is 38.9 Å². The van der Waals surface area contributed by atoms with E-state index in [9.17, 15) is 4.79 Å². The summed E-state index contributed by atoms with van der Waals surface area (Å²) in [6, 6.07) is 12.0. The Morgan fingerprint density at radius 2 is 1.89 bits per heavy atom. The molecule has 3 heterocycles. The molecule has 4 rings (SSSR count). The van der Waals surface area contributed by atoms with Gasteiger partial charge in [-0.2, -0.15) is 5.10 Å². The van der Waals surface area contributed by atoms with Gasteiger partial charge in [0.25, 0.3) is 5.91 Å². The van der Waals surface area contributed by atoms with E-state index in [2.05, 4.69) is 51.2 Å². The van der Waals surface area contributed by atoms with Crippen LogP contribution in [0.15, 0.2) is 55.2 Å². The number of carbonyl (C=O) groups excluding carboxylic acids is 1. The van der Waals surface area contributed by atoms with Crippen molar-refractivity contribution in [1.82, 2.24) is 29.5 Å². The first-order valence-corrected chi connectivity index (χ1v) is 9.08. The molecule has 1 aromatic carbocycles. The molecule has 3 aromatic rings. The molecule has 0 unspecified atom stereocenters. The molecular formula is C20H22N6O. The number of rotatable bonds is 4. The van der Waals surface area contributed by atoms with E-state index in [1.807, 2.05) is 4.90 Å². The summed E-state index contributed by atoms with van der Waals surface area (Å²) in [5, 5.41) is 4.11. The molecule has 2 aromatic heterocycles. The first-order valence-electron chi connectivity index (χ1n) is 9.08. The molecule has 27 heavy (non-hydrogen) atoms. The van der Waals surface area contributed by atoms with Crippen LogP contribution in [0.3, 0.4) is 0 Å². The number of hydrogen-bond acceptors (Lipinski definition) is 5. The van der Waals surface area contributed by atoms with E-state index < -0.39 is 0 Å². The molecule has 1 aliphatic rings. The lowest BCUT2D eigenvalue weighted by molar-refractivity contribution is 0.0627. The Bertz CT molecular complexity index is 916. The number of pyridine rings is 1. The summed E-state index contributed by atoms with van der Waals surface area (Å²) in [5.74, 6) is 0.506. The number of hydrogen-bond donors (Lipinski definition) is 0. The zero-order valence-electron chi connectivity index (χ0n) is 15.3. The van der Waals surface area contributed by atoms with Crippen molar-refractivity contribution in [1.29, 1.82) is 0 Å². The third kappa shape index (κ3) is 3.73. The van der Waals surface area contributed by atoms with E-state index in [0.717, 1.165) is 19.6 Å². The van der Waals surface area contributed by atoms with Gasteiger partial charge in [-0.15, -0.1) is 0 Å². The summed E-state index contributed by atoms with van der Waals surface area (Å²) in [6.45, 7) is 6.19. The number of amides is 1. The second kappa shape index (κ2) is 7.67. The summed E-state index contributed by atoms with van der Waals surface area (Å²) in [4.78, 5) is 25.6. The molecule has 0 atom stereocenters. The molecule has 1 fully saturated rings. The normalized spacial score (nSPS) is 15.1. The number of benzene rings is 1. The van der Waals surface area contributed by atoms with Crippen molar-refractivity contribution in [3.8, 4) is 5.82 Å². The lowest BCUT2D eigenvalue weighted by Gasteiger charge is -2.35. The third-order valence-corrected chi connectivity index (χ3v) is 4.97. The zero-order valence-corrected chi connectivity index (χ0v) is 15.3. The highest BCUT2D eigenvalue weighted by molar-refractivity contribution is 5.97. The Hall–Kier alpha value is -3.06. The topological polar surface area (TPSA) is 67.2 Å². The maximum Gasteiger partial charge on any atom is 0.257 e. The van der Waals surface area contributed by atoms with Crippen LogP contribution in [0.2, 0.25) is 0 Å². The van der Waals surface area contributed by atoms with Gasteiger partial charge in [0.15, 0.2) is 5.82 Å². The fourth-order valence-electron chi connectivity index (χ4n) is 3.37. The average Bonchev–Trinajstić information content (AvgIpc) is 3.24. The van der Waals surface area contributed by atoms with Crippen LogP contribution >= 0.6 is 0 Å². The Morgan fingerprint density at radius 1 is 1.07 bits per heavy atom. The number of piperazine rings is 1. The van der Waals surface area contributed by atoms with Gasteiger partial charge in [0.05, 0.1) is 5.56 Å². The van der Waals surface area contributed by atoms with E-state index in [-0.39, 0.29) is 5.91 Å². The summed E-state index contributed by atoms with van der Waals surface area (Å²) >= 11 is 0. The Balaban J connectivity index is 1.43. The van der Waals surface area contributed by atoms with Gasteiger partial charge in [-0.25, -0.2) is 14.6 Å². The zero-order chi connectivity index (χ0) is 18.6. The molecule has 1 amide bonds. The fraction of sp³-hybridized carbons (Fsp3) is 0.300. The monoisotopic (exact) mass is 362 g/mol. The Labute approximate surface area is 158 Å². The first-order chi connectivity index (χ1) is 13.2. The first kappa shape index (κ1) is 17.4. The van der Waals surface area contributed by atoms with E-state index in [1.54, 1.807) is 24.7 Å². The molecule has 0 saturated carbocycles. The molecule has 0 spiro atoms. The molecule has 7 heteroatoms. The van der Waals surface area contributed by atoms with Gasteiger partial charge in [0.1, 0.15) is 12.7 Å². The van der Waals surface area contributed by atoms with Gasteiger partial charge in [0.2, 0.25) is 0 Å². The summed E-state index contributed by atoms with van der Waals surface area (Å²) in [6.07, 6.45) is 4.65. The highest BCUT2D eigenvalue weighted by Crippen LogP contribution is 2.16. The quantitative estimate of drug-likeness (QED) is 0.709. The van der Waals surface area contributed by atoms with Crippen LogP contribution in [0.25, 0.3) is 5.82 Å². The molecule has 0 radical (unpaired) electrons. The predicted molar refractivity (Wildman–Crippen MR) is 102 cm³/mol. The molecule has 1 aliphatic heterocycles. The van der Waals surface area contributed by atoms with Crippen molar-refractivity contribution < 1.29 is 4.79 Å². The van der Waals surface area contributed by atoms with Gasteiger partial charge in [-0.1, -0.05) is 24.3 Å². The van der Waals surface area contributed by atoms with E-state index in [4.69, 9.17) is 0 Å². The number of aromatic nitrogens is 4. The molecule has 1 saturated heterocycles. The Kier molecular flexibility index (Phi) is 4.93. The fourth-order valence-corrected chi connectivity index (χ4v) is 3.37. The minimum absolute atomic E-state index is 0.0101. The van der Waals surface area contributed by atoms with Crippen molar-refractivity contribution in [2.75, 3.05) is 26.2 Å². The maximum absolute atomic E-state index is 13.0. The lowest BCUT2D eigenvalue weighted by atomic mass is 10.1. The van der Waals surface area contributed by atoms with Crippen molar-refractivity contribution in [2.24, 2.45) is 0 Å². The van der Waals surface area contributed by atoms with Crippen molar-refractivity contribution in [2.45, 2.75) is 13.5 Å². The second-order valence-corrected chi connectivity index (χ2v) is 6.71. The van der Waals surface area contributed by atoms with Crippen LogP contribution in [-0.4, -0.2) is 61.6 Å². The molecule has 0 aliphatic carbocycles. The van der Waals surface area contributed by atoms with Crippen molar-refractivity contribution >= 4 is 5.91 Å². The standard InChI is InChI=1S/C20H22N6O/c1-16-5-2-3-6-17(16)13-24-9-11-25(12-10-24)20(27)18-7-4-8-22-19(18)26-15-21-14-23-26/h2-8,14-15H,9-13H2,1H3. The van der Waals surface area contributed by atoms with Gasteiger partial charge in [-0.05, 0) is 30.2 Å². The molecule has 138 valence electrons. The Morgan fingerprint density at radius 3 is 2.63 bits per heavy atom. The number of aryl methyl sites for hydroxylation is 1. The smallest absolute Gasteiger partial charge is 0.257 e. The SMILES string of the molecule is Cc1ccccc1CN1CCN(C(=O)c2cccnc2-n2cncn2)CC1. The van der Waals surface area contributed by atoms with Crippen molar-refractivity contribution in [3.63, 3.8) is 0 Å². The highest BCUT2D eigenvalue weighted by atomic mass is 16.2. The van der Waals surface area contributed by atoms with Gasteiger partial charge >= 0.3 is 0 Å². The van der Waals surface area contributed by atoms with Gasteiger partial charge < -0.3 is 4.90 Å². The summed E-state index contributed by atoms with van der Waals surface area (Å²) in [7, 11) is 0. The minimum Gasteiger partial charge on any atom is -0.336 e. The molecular weight excluding hydrogens is 340 g/mol. The summed E-state index contributed by atoms with van der Waals surface area (Å²) in [5.41, 5.74) is 3.21. The third-order valence-electron chi connectivity index (χ3n) is 4.97. The van der Waals surface area contributed by atoms with Crippen LogP contribution in [0.5, 0.6) is 0 Å². The predicted octanol–water partition coefficient (Wildman–Crippen LogP) is 1.93. The number of carbonyl (C=O) groups is 1. The molecule has 7 nitrogen and oxygen atoms in total. The van der Waals surface area contributed by atoms with Crippen LogP contribution in [0, 0.1) is 6.92 Å². The van der Waals surface area contributed by atoms with Crippen LogP contribution in [0.4, 0.5) is 0 Å². The molecule has 0 bridgehead atoms. The van der Waals surface area contributed by atoms with E-state index >= 15 is 0 Å². The maximum atomic E-state index is 13.0. The summed E-state index contributed by atoms with van der Waals surface area (Å²) < 4.78 is 1.53. The van der Waals surface area contributed by atoms with Crippen LogP contribution in [0.1, 0.15) is 21.5 Å². The highest BCUT2D eigenvalue weighted by Gasteiger charge is 2.25. The van der Waals surface area contributed by atoms with Gasteiger partial charge in [-0.3, -0.25) is 9.69 Å². The van der Waals surface area contributed by atoms with Crippen LogP contribution < -0.4 is 0 Å². The number of nitrogens with zero attached hydrogens (tertiary/aromatic N) is 6. The minimum atomic E-state index is -0.0101. The lowest BCUT2D eigenvalue weighted by Crippen LogP contribution is -2.48. The largest absolute Gasteiger partial charge is 0.336 e. The average molecular weight is 362 g/mol. The molecule has 0 N–H and O–H groups in total. The second-order valence-electron chi connectivity index (χ2n) is 6.71. The van der Waals surface area contributed by atoms with Crippen LogP contribution in [-0.2, 0) is 6.54 Å².